The van der Waals surface area contributed by atoms with Gasteiger partial charge in [0, 0.05) is 22.3 Å². The first-order valence-electron chi connectivity index (χ1n) is 4.91. The zero-order valence-corrected chi connectivity index (χ0v) is 11.2. The summed E-state index contributed by atoms with van der Waals surface area (Å²) in [5.74, 6) is 2.25. The number of anilines is 1. The van der Waals surface area contributed by atoms with Gasteiger partial charge in [0.05, 0.1) is 6.04 Å². The summed E-state index contributed by atoms with van der Waals surface area (Å²) in [5.41, 5.74) is 1.05. The molecule has 1 aromatic rings. The average Bonchev–Trinajstić information content (AvgIpc) is 2.77. The molecule has 4 nitrogen and oxygen atoms in total. The van der Waals surface area contributed by atoms with Gasteiger partial charge in [-0.3, -0.25) is 10.1 Å². The molecule has 16 heavy (non-hydrogen) atoms. The molecule has 2 heterocycles. The summed E-state index contributed by atoms with van der Waals surface area (Å²) in [4.78, 5) is 15.9. The molecule has 0 spiro atoms. The number of aromatic nitrogens is 1. The van der Waals surface area contributed by atoms with Crippen LogP contribution in [-0.2, 0) is 4.79 Å². The number of hydrogen-bond donors (Lipinski definition) is 2. The van der Waals surface area contributed by atoms with E-state index in [0.717, 1.165) is 21.7 Å². The van der Waals surface area contributed by atoms with Crippen molar-refractivity contribution in [2.24, 2.45) is 0 Å². The van der Waals surface area contributed by atoms with Gasteiger partial charge >= 0.3 is 0 Å². The quantitative estimate of drug-likeness (QED) is 0.874. The fourth-order valence-corrected chi connectivity index (χ4v) is 2.54. The number of carbonyl (C=O) groups is 1. The molecule has 1 aliphatic heterocycles. The summed E-state index contributed by atoms with van der Waals surface area (Å²) in [6.07, 6.45) is 1.70. The Balaban J connectivity index is 2.02. The molecule has 0 radical (unpaired) electrons. The Kier molecular flexibility index (Phi) is 3.83. The SMILES string of the molecule is Cc1cc(NC(=O)C2CSCN2)ncc1Br. The zero-order chi connectivity index (χ0) is 11.5. The Morgan fingerprint density at radius 3 is 3.19 bits per heavy atom. The third-order valence-corrected chi connectivity index (χ3v) is 4.10. The molecule has 1 aromatic heterocycles. The molecular weight excluding hydrogens is 290 g/mol. The van der Waals surface area contributed by atoms with Crippen molar-refractivity contribution in [2.45, 2.75) is 13.0 Å². The lowest BCUT2D eigenvalue weighted by Gasteiger charge is -2.10. The van der Waals surface area contributed by atoms with Crippen LogP contribution in [0.3, 0.4) is 0 Å². The first kappa shape index (κ1) is 11.9. The second-order valence-corrected chi connectivity index (χ2v) is 5.46. The first-order valence-corrected chi connectivity index (χ1v) is 6.86. The topological polar surface area (TPSA) is 54.0 Å². The van der Waals surface area contributed by atoms with Gasteiger partial charge in [-0.2, -0.15) is 0 Å². The van der Waals surface area contributed by atoms with Crippen LogP contribution in [-0.4, -0.2) is 28.6 Å². The standard InChI is InChI=1S/C10H12BrN3OS/c1-6-2-9(12-3-7(6)11)14-10(15)8-4-16-5-13-8/h2-3,8,13H,4-5H2,1H3,(H,12,14,15). The molecule has 0 aromatic carbocycles. The molecule has 0 bridgehead atoms. The van der Waals surface area contributed by atoms with Crippen molar-refractivity contribution in [3.05, 3.63) is 22.3 Å². The van der Waals surface area contributed by atoms with Crippen LogP contribution in [0.15, 0.2) is 16.7 Å². The number of amides is 1. The number of halogens is 1. The van der Waals surface area contributed by atoms with Crippen molar-refractivity contribution in [1.29, 1.82) is 0 Å². The summed E-state index contributed by atoms with van der Waals surface area (Å²) in [6, 6.07) is 1.75. The molecule has 1 atom stereocenters. The maximum Gasteiger partial charge on any atom is 0.243 e. The van der Waals surface area contributed by atoms with E-state index in [4.69, 9.17) is 0 Å². The number of rotatable bonds is 2. The van der Waals surface area contributed by atoms with Gasteiger partial charge in [0.15, 0.2) is 0 Å². The molecule has 0 saturated carbocycles. The van der Waals surface area contributed by atoms with Crippen molar-refractivity contribution in [1.82, 2.24) is 10.3 Å². The van der Waals surface area contributed by atoms with Gasteiger partial charge in [0.1, 0.15) is 5.82 Å². The molecule has 1 aliphatic rings. The van der Waals surface area contributed by atoms with E-state index in [1.807, 2.05) is 13.0 Å². The Hall–Kier alpha value is -0.590. The van der Waals surface area contributed by atoms with E-state index < -0.39 is 0 Å². The van der Waals surface area contributed by atoms with Gasteiger partial charge in [-0.25, -0.2) is 4.98 Å². The van der Waals surface area contributed by atoms with Crippen LogP contribution in [0, 0.1) is 6.92 Å². The Morgan fingerprint density at radius 1 is 1.75 bits per heavy atom. The molecule has 2 N–H and O–H groups in total. The monoisotopic (exact) mass is 301 g/mol. The van der Waals surface area contributed by atoms with Crippen LogP contribution in [0.5, 0.6) is 0 Å². The maximum absolute atomic E-state index is 11.8. The normalized spacial score (nSPS) is 19.8. The van der Waals surface area contributed by atoms with Crippen LogP contribution in [0.4, 0.5) is 5.82 Å². The van der Waals surface area contributed by atoms with Crippen LogP contribution < -0.4 is 10.6 Å². The number of aryl methyl sites for hydroxylation is 1. The van der Waals surface area contributed by atoms with E-state index in [1.165, 1.54) is 0 Å². The van der Waals surface area contributed by atoms with Crippen LogP contribution in [0.1, 0.15) is 5.56 Å². The largest absolute Gasteiger partial charge is 0.309 e. The van der Waals surface area contributed by atoms with E-state index >= 15 is 0 Å². The fraction of sp³-hybridized carbons (Fsp3) is 0.400. The lowest BCUT2D eigenvalue weighted by Crippen LogP contribution is -2.37. The van der Waals surface area contributed by atoms with Gasteiger partial charge in [-0.05, 0) is 34.5 Å². The molecule has 6 heteroatoms. The van der Waals surface area contributed by atoms with Crippen LogP contribution in [0.25, 0.3) is 0 Å². The van der Waals surface area contributed by atoms with Gasteiger partial charge < -0.3 is 5.32 Å². The minimum atomic E-state index is -0.101. The highest BCUT2D eigenvalue weighted by atomic mass is 79.9. The average molecular weight is 302 g/mol. The summed E-state index contributed by atoms with van der Waals surface area (Å²) in [7, 11) is 0. The summed E-state index contributed by atoms with van der Waals surface area (Å²) >= 11 is 5.10. The lowest BCUT2D eigenvalue weighted by atomic mass is 10.3. The molecule has 2 rings (SSSR count). The summed E-state index contributed by atoms with van der Waals surface area (Å²) in [6.45, 7) is 1.96. The molecule has 1 fully saturated rings. The minimum Gasteiger partial charge on any atom is -0.309 e. The summed E-state index contributed by atoms with van der Waals surface area (Å²) < 4.78 is 0.944. The van der Waals surface area contributed by atoms with Gasteiger partial charge in [0.25, 0.3) is 0 Å². The van der Waals surface area contributed by atoms with Gasteiger partial charge in [-0.15, -0.1) is 11.8 Å². The van der Waals surface area contributed by atoms with Gasteiger partial charge in [-0.1, -0.05) is 0 Å². The minimum absolute atomic E-state index is 0.0146. The maximum atomic E-state index is 11.8. The number of pyridine rings is 1. The predicted octanol–water partition coefficient (Wildman–Crippen LogP) is 1.75. The van der Waals surface area contributed by atoms with Crippen LogP contribution >= 0.6 is 27.7 Å². The molecule has 1 saturated heterocycles. The fourth-order valence-electron chi connectivity index (χ4n) is 1.38. The van der Waals surface area contributed by atoms with E-state index in [2.05, 4.69) is 31.5 Å². The van der Waals surface area contributed by atoms with Crippen molar-refractivity contribution < 1.29 is 4.79 Å². The lowest BCUT2D eigenvalue weighted by molar-refractivity contribution is -0.117. The highest BCUT2D eigenvalue weighted by Crippen LogP contribution is 2.18. The van der Waals surface area contributed by atoms with E-state index in [9.17, 15) is 4.79 Å². The number of nitrogens with one attached hydrogen (secondary N) is 2. The Bertz CT molecular complexity index is 407. The first-order chi connectivity index (χ1) is 7.66. The van der Waals surface area contributed by atoms with E-state index in [0.29, 0.717) is 5.82 Å². The molecule has 86 valence electrons. The predicted molar refractivity (Wildman–Crippen MR) is 69.6 cm³/mol. The third-order valence-electron chi connectivity index (χ3n) is 2.33. The summed E-state index contributed by atoms with van der Waals surface area (Å²) in [5, 5.41) is 5.92. The molecular formula is C10H12BrN3OS. The van der Waals surface area contributed by atoms with Gasteiger partial charge in [0.2, 0.25) is 5.91 Å². The Labute approximate surface area is 107 Å². The molecule has 0 aliphatic carbocycles. The second-order valence-electron chi connectivity index (χ2n) is 3.58. The number of carbonyl (C=O) groups excluding carboxylic acids is 1. The number of thioether (sulfide) groups is 1. The second kappa shape index (κ2) is 5.16. The molecule has 1 unspecified atom stereocenters. The Morgan fingerprint density at radius 2 is 2.56 bits per heavy atom. The van der Waals surface area contributed by atoms with Crippen molar-refractivity contribution >= 4 is 39.4 Å². The highest BCUT2D eigenvalue weighted by Gasteiger charge is 2.22. The van der Waals surface area contributed by atoms with Crippen molar-refractivity contribution in [2.75, 3.05) is 16.9 Å². The van der Waals surface area contributed by atoms with E-state index in [-0.39, 0.29) is 11.9 Å². The molecule has 1 amide bonds. The van der Waals surface area contributed by atoms with Crippen LogP contribution in [0.2, 0.25) is 0 Å². The third kappa shape index (κ3) is 2.75. The number of hydrogen-bond acceptors (Lipinski definition) is 4. The zero-order valence-electron chi connectivity index (χ0n) is 8.79. The smallest absolute Gasteiger partial charge is 0.243 e. The number of nitrogens with zero attached hydrogens (tertiary/aromatic N) is 1. The van der Waals surface area contributed by atoms with Crippen molar-refractivity contribution in [3.8, 4) is 0 Å². The van der Waals surface area contributed by atoms with Crippen molar-refractivity contribution in [3.63, 3.8) is 0 Å². The highest BCUT2D eigenvalue weighted by molar-refractivity contribution is 9.10. The van der Waals surface area contributed by atoms with E-state index in [1.54, 1.807) is 18.0 Å².